The van der Waals surface area contributed by atoms with Crippen LogP contribution < -0.4 is 5.43 Å². The number of anilines is 1. The van der Waals surface area contributed by atoms with E-state index in [2.05, 4.69) is 10.5 Å². The van der Waals surface area contributed by atoms with Gasteiger partial charge >= 0.3 is 5.69 Å². The first-order chi connectivity index (χ1) is 13.0. The number of hydrazone groups is 1. The van der Waals surface area contributed by atoms with Crippen molar-refractivity contribution in [3.05, 3.63) is 38.4 Å². The van der Waals surface area contributed by atoms with Crippen LogP contribution in [0.1, 0.15) is 51.4 Å². The SMILES string of the molecule is O=[N+]([O-])c1ccc(N/N=C2\CCC[C@@H]([C@@H]3C[C@@H]4CC[C@@H]3C4)C2)c([N+](=O)[O-])c1. The second-order valence-corrected chi connectivity index (χ2v) is 8.20. The summed E-state index contributed by atoms with van der Waals surface area (Å²) in [7, 11) is 0. The molecule has 0 saturated heterocycles. The summed E-state index contributed by atoms with van der Waals surface area (Å²) < 4.78 is 0. The standard InChI is InChI=1S/C19H24N4O4/c24-22(25)16-6-7-18(19(11-16)23(26)27)21-20-15-3-1-2-13(10-15)17-9-12-4-5-14(17)8-12/h6-7,11-14,17,21H,1-5,8-10H2/b20-15+/t12-,13-,14-,17+/m1/s1. The fourth-order valence-electron chi connectivity index (χ4n) is 5.43. The number of non-ortho nitro benzene ring substituents is 1. The molecule has 144 valence electrons. The van der Waals surface area contributed by atoms with Gasteiger partial charge in [-0.1, -0.05) is 6.42 Å². The van der Waals surface area contributed by atoms with Crippen LogP contribution in [0.15, 0.2) is 23.3 Å². The predicted molar refractivity (Wildman–Crippen MR) is 102 cm³/mol. The Morgan fingerprint density at radius 3 is 2.56 bits per heavy atom. The fourth-order valence-corrected chi connectivity index (χ4v) is 5.43. The third-order valence-corrected chi connectivity index (χ3v) is 6.66. The molecule has 3 fully saturated rings. The zero-order valence-corrected chi connectivity index (χ0v) is 15.2. The van der Waals surface area contributed by atoms with E-state index in [0.29, 0.717) is 5.92 Å². The van der Waals surface area contributed by atoms with E-state index in [4.69, 9.17) is 0 Å². The minimum Gasteiger partial charge on any atom is -0.272 e. The van der Waals surface area contributed by atoms with Gasteiger partial charge in [-0.05, 0) is 74.7 Å². The van der Waals surface area contributed by atoms with Crippen molar-refractivity contribution in [2.45, 2.75) is 51.4 Å². The summed E-state index contributed by atoms with van der Waals surface area (Å²) in [6, 6.07) is 3.59. The van der Waals surface area contributed by atoms with Gasteiger partial charge in [0.15, 0.2) is 0 Å². The van der Waals surface area contributed by atoms with Crippen molar-refractivity contribution in [3.8, 4) is 0 Å². The zero-order chi connectivity index (χ0) is 19.0. The molecule has 27 heavy (non-hydrogen) atoms. The van der Waals surface area contributed by atoms with E-state index >= 15 is 0 Å². The van der Waals surface area contributed by atoms with Gasteiger partial charge in [0.25, 0.3) is 5.69 Å². The van der Waals surface area contributed by atoms with Crippen molar-refractivity contribution in [1.29, 1.82) is 0 Å². The van der Waals surface area contributed by atoms with Crippen molar-refractivity contribution in [2.75, 3.05) is 5.43 Å². The van der Waals surface area contributed by atoms with Crippen LogP contribution in [0, 0.1) is 43.9 Å². The fraction of sp³-hybridized carbons (Fsp3) is 0.632. The number of nitro benzene ring substituents is 2. The van der Waals surface area contributed by atoms with Crippen LogP contribution in [0.3, 0.4) is 0 Å². The van der Waals surface area contributed by atoms with E-state index in [1.807, 2.05) is 0 Å². The number of nitrogens with one attached hydrogen (secondary N) is 1. The molecule has 0 heterocycles. The Morgan fingerprint density at radius 2 is 1.89 bits per heavy atom. The summed E-state index contributed by atoms with van der Waals surface area (Å²) in [6.07, 6.45) is 9.79. The molecule has 8 nitrogen and oxygen atoms in total. The maximum Gasteiger partial charge on any atom is 0.301 e. The lowest BCUT2D eigenvalue weighted by Crippen LogP contribution is -2.27. The molecule has 1 N–H and O–H groups in total. The lowest BCUT2D eigenvalue weighted by atomic mass is 9.72. The Bertz CT molecular complexity index is 794. The largest absolute Gasteiger partial charge is 0.301 e. The molecule has 4 rings (SSSR count). The average molecular weight is 372 g/mol. The molecule has 1 aromatic rings. The predicted octanol–water partition coefficient (Wildman–Crippen LogP) is 4.90. The molecule has 3 aliphatic carbocycles. The molecule has 0 aromatic heterocycles. The van der Waals surface area contributed by atoms with Crippen molar-refractivity contribution in [1.82, 2.24) is 0 Å². The van der Waals surface area contributed by atoms with E-state index in [1.165, 1.54) is 44.2 Å². The van der Waals surface area contributed by atoms with Crippen molar-refractivity contribution < 1.29 is 9.85 Å². The van der Waals surface area contributed by atoms with Gasteiger partial charge in [-0.2, -0.15) is 5.10 Å². The second-order valence-electron chi connectivity index (χ2n) is 8.20. The summed E-state index contributed by atoms with van der Waals surface area (Å²) in [5.41, 5.74) is 3.43. The summed E-state index contributed by atoms with van der Waals surface area (Å²) in [4.78, 5) is 20.8. The van der Waals surface area contributed by atoms with Gasteiger partial charge in [-0.25, -0.2) is 0 Å². The van der Waals surface area contributed by atoms with Crippen LogP contribution in [-0.2, 0) is 0 Å². The summed E-state index contributed by atoms with van der Waals surface area (Å²) in [5.74, 6) is 3.33. The average Bonchev–Trinajstić information content (AvgIpc) is 3.30. The van der Waals surface area contributed by atoms with E-state index < -0.39 is 9.85 Å². The van der Waals surface area contributed by atoms with Gasteiger partial charge in [-0.15, -0.1) is 0 Å². The van der Waals surface area contributed by atoms with Gasteiger partial charge in [0.2, 0.25) is 0 Å². The quantitative estimate of drug-likeness (QED) is 0.584. The van der Waals surface area contributed by atoms with Crippen LogP contribution in [0.2, 0.25) is 0 Å². The Balaban J connectivity index is 1.46. The van der Waals surface area contributed by atoms with Crippen molar-refractivity contribution in [3.63, 3.8) is 0 Å². The maximum absolute atomic E-state index is 11.2. The van der Waals surface area contributed by atoms with Crippen LogP contribution in [0.5, 0.6) is 0 Å². The molecule has 1 aromatic carbocycles. The molecule has 0 spiro atoms. The highest BCUT2D eigenvalue weighted by atomic mass is 16.6. The number of nitro groups is 2. The molecule has 4 atom stereocenters. The molecule has 2 bridgehead atoms. The number of hydrogen-bond acceptors (Lipinski definition) is 6. The molecule has 3 saturated carbocycles. The third-order valence-electron chi connectivity index (χ3n) is 6.66. The zero-order valence-electron chi connectivity index (χ0n) is 15.2. The van der Waals surface area contributed by atoms with E-state index in [1.54, 1.807) is 0 Å². The molecule has 0 amide bonds. The Labute approximate surface area is 157 Å². The summed E-state index contributed by atoms with van der Waals surface area (Å²) in [6.45, 7) is 0. The third kappa shape index (κ3) is 3.65. The Morgan fingerprint density at radius 1 is 1.04 bits per heavy atom. The van der Waals surface area contributed by atoms with E-state index in [-0.39, 0.29) is 17.1 Å². The number of nitrogens with zero attached hydrogens (tertiary/aromatic N) is 3. The van der Waals surface area contributed by atoms with Gasteiger partial charge in [0, 0.05) is 11.8 Å². The smallest absolute Gasteiger partial charge is 0.272 e. The highest BCUT2D eigenvalue weighted by Gasteiger charge is 2.43. The van der Waals surface area contributed by atoms with E-state index in [0.717, 1.165) is 48.8 Å². The molecule has 0 aliphatic heterocycles. The molecular weight excluding hydrogens is 348 g/mol. The lowest BCUT2D eigenvalue weighted by Gasteiger charge is -2.33. The van der Waals surface area contributed by atoms with Crippen LogP contribution in [-0.4, -0.2) is 15.6 Å². The van der Waals surface area contributed by atoms with Gasteiger partial charge in [-0.3, -0.25) is 25.7 Å². The Hall–Kier alpha value is -2.51. The molecular formula is C19H24N4O4. The number of benzene rings is 1. The second kappa shape index (κ2) is 7.25. The van der Waals surface area contributed by atoms with Gasteiger partial charge in [0.1, 0.15) is 5.69 Å². The molecule has 8 heteroatoms. The van der Waals surface area contributed by atoms with E-state index in [9.17, 15) is 20.2 Å². The van der Waals surface area contributed by atoms with Crippen molar-refractivity contribution in [2.24, 2.45) is 28.8 Å². The molecule has 0 radical (unpaired) electrons. The number of fused-ring (bicyclic) bond motifs is 2. The van der Waals surface area contributed by atoms with Crippen LogP contribution >= 0.6 is 0 Å². The maximum atomic E-state index is 11.2. The lowest BCUT2D eigenvalue weighted by molar-refractivity contribution is -0.393. The Kier molecular flexibility index (Phi) is 4.80. The first kappa shape index (κ1) is 17.9. The van der Waals surface area contributed by atoms with Gasteiger partial charge in [0.05, 0.1) is 15.9 Å². The summed E-state index contributed by atoms with van der Waals surface area (Å²) in [5, 5.41) is 26.5. The topological polar surface area (TPSA) is 111 Å². The molecule has 0 unspecified atom stereocenters. The monoisotopic (exact) mass is 372 g/mol. The number of hydrogen-bond donors (Lipinski definition) is 1. The van der Waals surface area contributed by atoms with Crippen LogP contribution in [0.25, 0.3) is 0 Å². The first-order valence-electron chi connectivity index (χ1n) is 9.75. The normalized spacial score (nSPS) is 31.2. The minimum absolute atomic E-state index is 0.195. The highest BCUT2D eigenvalue weighted by Crippen LogP contribution is 2.53. The minimum atomic E-state index is -0.635. The molecule has 3 aliphatic rings. The number of rotatable bonds is 5. The van der Waals surface area contributed by atoms with Crippen LogP contribution in [0.4, 0.5) is 17.1 Å². The summed E-state index contributed by atoms with van der Waals surface area (Å²) >= 11 is 0. The highest BCUT2D eigenvalue weighted by molar-refractivity contribution is 5.86. The van der Waals surface area contributed by atoms with Crippen molar-refractivity contribution >= 4 is 22.8 Å². The van der Waals surface area contributed by atoms with Gasteiger partial charge < -0.3 is 0 Å². The first-order valence-corrected chi connectivity index (χ1v) is 9.75.